The standard InChI is InChI=1S/C37H50IN7O6/c1-5-12-27(32(46)36(50)41-23(4)24-13-8-6-9-14-24)42-35(49)31-26(38)17-20-45(31)37(51)29(22(2)3)43-34(48)30(25-15-10-7-11-16-25)44-33(47)28-21-39-18-19-40-28/h6,8-9,13-14,18-19,21-23,25-27,29-31H,5,7,10-12,15-17,20H2,1-4H3,(H,41,50)(H,42,49)(H,43,48)(H,44,47)/t23-,26-,27?,29-,30-,31-/m0/s1. The average Bonchev–Trinajstić information content (AvgIpc) is 3.53. The summed E-state index contributed by atoms with van der Waals surface area (Å²) in [5.74, 6) is -3.95. The Hall–Kier alpha value is -3.95. The van der Waals surface area contributed by atoms with Gasteiger partial charge < -0.3 is 26.2 Å². The number of carbonyl (C=O) groups excluding carboxylic acids is 6. The van der Waals surface area contributed by atoms with Gasteiger partial charge in [-0.25, -0.2) is 4.98 Å². The summed E-state index contributed by atoms with van der Waals surface area (Å²) < 4.78 is -0.263. The van der Waals surface area contributed by atoms with E-state index in [-0.39, 0.29) is 34.4 Å². The van der Waals surface area contributed by atoms with E-state index in [9.17, 15) is 28.8 Å². The first-order valence-corrected chi connectivity index (χ1v) is 19.2. The summed E-state index contributed by atoms with van der Waals surface area (Å²) in [6, 6.07) is 5.00. The van der Waals surface area contributed by atoms with Gasteiger partial charge in [-0.3, -0.25) is 33.8 Å². The van der Waals surface area contributed by atoms with Crippen LogP contribution in [0, 0.1) is 11.8 Å². The number of ketones is 1. The molecule has 276 valence electrons. The van der Waals surface area contributed by atoms with Crippen molar-refractivity contribution in [3.63, 3.8) is 0 Å². The van der Waals surface area contributed by atoms with Crippen LogP contribution in [0.1, 0.15) is 101 Å². The van der Waals surface area contributed by atoms with Crippen LogP contribution in [0.3, 0.4) is 0 Å². The largest absolute Gasteiger partial charge is 0.344 e. The summed E-state index contributed by atoms with van der Waals surface area (Å²) in [5.41, 5.74) is 0.928. The van der Waals surface area contributed by atoms with Crippen molar-refractivity contribution in [2.45, 2.75) is 113 Å². The molecule has 2 heterocycles. The fourth-order valence-corrected chi connectivity index (χ4v) is 7.80. The fourth-order valence-electron chi connectivity index (χ4n) is 6.81. The lowest BCUT2D eigenvalue weighted by molar-refractivity contribution is -0.144. The van der Waals surface area contributed by atoms with Gasteiger partial charge in [0, 0.05) is 22.9 Å². The number of nitrogens with one attached hydrogen (secondary N) is 4. The summed E-state index contributed by atoms with van der Waals surface area (Å²) in [7, 11) is 0. The minimum atomic E-state index is -1.07. The average molecular weight is 816 g/mol. The number of likely N-dealkylation sites (tertiary alicyclic amines) is 1. The number of halogens is 1. The SMILES string of the molecule is CCCC(NC(=O)[C@@H]1[C@@H](I)CCN1C(=O)[C@@H](NC(=O)[C@@H](NC(=O)c1cnccn1)C1CCCCC1)C(C)C)C(=O)C(=O)N[C@@H](C)c1ccccc1. The van der Waals surface area contributed by atoms with E-state index in [2.05, 4.69) is 53.8 Å². The monoisotopic (exact) mass is 815 g/mol. The normalized spacial score (nSPS) is 20.1. The molecule has 1 aromatic heterocycles. The van der Waals surface area contributed by atoms with E-state index in [0.717, 1.165) is 37.7 Å². The number of nitrogens with zero attached hydrogens (tertiary/aromatic N) is 3. The first kappa shape index (κ1) is 39.8. The van der Waals surface area contributed by atoms with Crippen LogP contribution in [0.4, 0.5) is 0 Å². The molecule has 5 amide bonds. The second-order valence-electron chi connectivity index (χ2n) is 13.8. The highest BCUT2D eigenvalue weighted by Gasteiger charge is 2.45. The Morgan fingerprint density at radius 2 is 1.61 bits per heavy atom. The van der Waals surface area contributed by atoms with Gasteiger partial charge in [-0.05, 0) is 50.0 Å². The third kappa shape index (κ3) is 10.5. The van der Waals surface area contributed by atoms with E-state index in [4.69, 9.17) is 0 Å². The first-order chi connectivity index (χ1) is 24.4. The van der Waals surface area contributed by atoms with Gasteiger partial charge in [0.2, 0.25) is 23.5 Å². The summed E-state index contributed by atoms with van der Waals surface area (Å²) in [6.45, 7) is 7.54. The molecule has 2 aliphatic rings. The van der Waals surface area contributed by atoms with Crippen LogP contribution in [0.25, 0.3) is 0 Å². The van der Waals surface area contributed by atoms with Gasteiger partial charge >= 0.3 is 0 Å². The predicted molar refractivity (Wildman–Crippen MR) is 199 cm³/mol. The number of aromatic nitrogens is 2. The minimum absolute atomic E-state index is 0.0876. The van der Waals surface area contributed by atoms with Gasteiger partial charge in [0.25, 0.3) is 11.8 Å². The molecule has 6 atom stereocenters. The van der Waals surface area contributed by atoms with Crippen molar-refractivity contribution in [3.05, 3.63) is 60.2 Å². The number of Topliss-reactive ketones (excluding diaryl/α,β-unsaturated/α-hetero) is 1. The number of rotatable bonds is 15. The summed E-state index contributed by atoms with van der Waals surface area (Å²) in [6.07, 6.45) is 9.93. The smallest absolute Gasteiger partial charge is 0.290 e. The zero-order chi connectivity index (χ0) is 37.1. The minimum Gasteiger partial charge on any atom is -0.344 e. The zero-order valence-electron chi connectivity index (χ0n) is 29.8. The van der Waals surface area contributed by atoms with Gasteiger partial charge in [0.05, 0.1) is 18.3 Å². The van der Waals surface area contributed by atoms with E-state index in [1.807, 2.05) is 51.1 Å². The van der Waals surface area contributed by atoms with Crippen molar-refractivity contribution < 1.29 is 28.8 Å². The first-order valence-electron chi connectivity index (χ1n) is 17.9. The Bertz CT molecular complexity index is 1520. The summed E-state index contributed by atoms with van der Waals surface area (Å²) in [5, 5.41) is 11.3. The van der Waals surface area contributed by atoms with E-state index < -0.39 is 65.5 Å². The maximum Gasteiger partial charge on any atom is 0.290 e. The number of hydrogen-bond donors (Lipinski definition) is 4. The molecule has 1 unspecified atom stereocenters. The molecule has 1 aliphatic heterocycles. The number of benzene rings is 1. The molecule has 0 spiro atoms. The number of alkyl halides is 1. The van der Waals surface area contributed by atoms with E-state index in [0.29, 0.717) is 12.8 Å². The van der Waals surface area contributed by atoms with Crippen molar-refractivity contribution in [1.29, 1.82) is 0 Å². The van der Waals surface area contributed by atoms with E-state index in [1.165, 1.54) is 23.5 Å². The topological polar surface area (TPSA) is 180 Å². The van der Waals surface area contributed by atoms with Gasteiger partial charge in [-0.15, -0.1) is 0 Å². The lowest BCUT2D eigenvalue weighted by atomic mass is 9.83. The fraction of sp³-hybridized carbons (Fsp3) is 0.568. The second-order valence-corrected chi connectivity index (χ2v) is 15.4. The van der Waals surface area contributed by atoms with Crippen LogP contribution in [0.2, 0.25) is 0 Å². The molecule has 0 bridgehead atoms. The zero-order valence-corrected chi connectivity index (χ0v) is 31.9. The molecule has 13 nitrogen and oxygen atoms in total. The highest BCUT2D eigenvalue weighted by molar-refractivity contribution is 14.1. The van der Waals surface area contributed by atoms with Gasteiger partial charge in [0.15, 0.2) is 0 Å². The molecule has 0 radical (unpaired) electrons. The Morgan fingerprint density at radius 3 is 2.24 bits per heavy atom. The Labute approximate surface area is 313 Å². The summed E-state index contributed by atoms with van der Waals surface area (Å²) in [4.78, 5) is 91.0. The van der Waals surface area contributed by atoms with Crippen molar-refractivity contribution in [2.75, 3.05) is 6.54 Å². The summed E-state index contributed by atoms with van der Waals surface area (Å²) >= 11 is 2.14. The molecular weight excluding hydrogens is 765 g/mol. The second kappa shape index (κ2) is 19.0. The van der Waals surface area contributed by atoms with Crippen molar-refractivity contribution in [1.82, 2.24) is 36.1 Å². The van der Waals surface area contributed by atoms with Crippen LogP contribution in [-0.4, -0.2) is 84.8 Å². The maximum absolute atomic E-state index is 14.2. The van der Waals surface area contributed by atoms with Crippen LogP contribution >= 0.6 is 22.6 Å². The quantitative estimate of drug-likeness (QED) is 0.120. The molecule has 1 aliphatic carbocycles. The van der Waals surface area contributed by atoms with Crippen molar-refractivity contribution in [3.8, 4) is 0 Å². The van der Waals surface area contributed by atoms with Crippen LogP contribution in [0.15, 0.2) is 48.9 Å². The van der Waals surface area contributed by atoms with Gasteiger partial charge in [-0.1, -0.05) is 99.4 Å². The number of amides is 5. The maximum atomic E-state index is 14.2. The Kier molecular flexibility index (Phi) is 14.9. The lowest BCUT2D eigenvalue weighted by Gasteiger charge is -2.34. The Balaban J connectivity index is 1.47. The molecule has 1 aromatic carbocycles. The molecule has 4 N–H and O–H groups in total. The molecule has 4 rings (SSSR count). The van der Waals surface area contributed by atoms with E-state index >= 15 is 0 Å². The van der Waals surface area contributed by atoms with Crippen molar-refractivity contribution >= 4 is 57.9 Å². The molecule has 51 heavy (non-hydrogen) atoms. The third-order valence-corrected chi connectivity index (χ3v) is 11.0. The molecule has 1 saturated heterocycles. The van der Waals surface area contributed by atoms with E-state index in [1.54, 1.807) is 6.92 Å². The highest BCUT2D eigenvalue weighted by atomic mass is 127. The molecule has 1 saturated carbocycles. The molecule has 2 fully saturated rings. The van der Waals surface area contributed by atoms with Crippen molar-refractivity contribution in [2.24, 2.45) is 11.8 Å². The van der Waals surface area contributed by atoms with Crippen LogP contribution in [-0.2, 0) is 24.0 Å². The van der Waals surface area contributed by atoms with Gasteiger partial charge in [-0.2, -0.15) is 0 Å². The number of hydrogen-bond acceptors (Lipinski definition) is 8. The lowest BCUT2D eigenvalue weighted by Crippen LogP contribution is -2.61. The van der Waals surface area contributed by atoms with Crippen LogP contribution in [0.5, 0.6) is 0 Å². The molecule has 14 heteroatoms. The highest BCUT2D eigenvalue weighted by Crippen LogP contribution is 2.29. The predicted octanol–water partition coefficient (Wildman–Crippen LogP) is 3.43. The molecule has 2 aromatic rings. The van der Waals surface area contributed by atoms with Gasteiger partial charge in [0.1, 0.15) is 23.8 Å². The number of carbonyl (C=O) groups is 6. The van der Waals surface area contributed by atoms with Crippen LogP contribution < -0.4 is 21.3 Å². The molecular formula is C37H50IN7O6. The Morgan fingerprint density at radius 1 is 0.902 bits per heavy atom. The third-order valence-electron chi connectivity index (χ3n) is 9.67.